The fourth-order valence-electron chi connectivity index (χ4n) is 0.642. The first-order valence-electron chi connectivity index (χ1n) is 3.38. The van der Waals surface area contributed by atoms with Crippen LogP contribution in [0.3, 0.4) is 0 Å². The van der Waals surface area contributed by atoms with Crippen LogP contribution in [0.5, 0.6) is 0 Å². The van der Waals surface area contributed by atoms with Gasteiger partial charge in [0.05, 0.1) is 0 Å². The molecule has 14 heavy (non-hydrogen) atoms. The number of halogens is 1. The molecule has 0 spiro atoms. The molecule has 1 rings (SSSR count). The third-order valence-electron chi connectivity index (χ3n) is 1.18. The van der Waals surface area contributed by atoms with Gasteiger partial charge in [0, 0.05) is 32.2 Å². The first-order chi connectivity index (χ1) is 6.04. The van der Waals surface area contributed by atoms with Crippen LogP contribution in [-0.4, -0.2) is 19.1 Å². The van der Waals surface area contributed by atoms with Gasteiger partial charge in [-0.25, -0.2) is 0 Å². The SMILES string of the molecule is CN(C)c1ccncc1.Cl.[H+].[O]=[Cr](=[O])=[O]. The number of aromatic nitrogens is 1. The Hall–Kier alpha value is -0.828. The van der Waals surface area contributed by atoms with Crippen molar-refractivity contribution in [3.8, 4) is 0 Å². The van der Waals surface area contributed by atoms with Gasteiger partial charge in [0.25, 0.3) is 0 Å². The Morgan fingerprint density at radius 3 is 1.79 bits per heavy atom. The maximum absolute atomic E-state index is 8.54. The van der Waals surface area contributed by atoms with E-state index in [0.29, 0.717) is 0 Å². The molecule has 1 aromatic heterocycles. The average molecular weight is 260 g/mol. The third-order valence-corrected chi connectivity index (χ3v) is 1.18. The topological polar surface area (TPSA) is 67.3 Å². The van der Waals surface area contributed by atoms with Crippen LogP contribution in [-0.2, 0) is 25.4 Å². The fraction of sp³-hybridized carbons (Fsp3) is 0.286. The van der Waals surface area contributed by atoms with Crippen LogP contribution in [0.2, 0.25) is 0 Å². The zero-order valence-electron chi connectivity index (χ0n) is 8.75. The zero-order valence-corrected chi connectivity index (χ0v) is 9.84. The van der Waals surface area contributed by atoms with E-state index in [-0.39, 0.29) is 13.8 Å². The second-order valence-electron chi connectivity index (χ2n) is 2.30. The van der Waals surface area contributed by atoms with Crippen molar-refractivity contribution in [2.75, 3.05) is 19.0 Å². The van der Waals surface area contributed by atoms with Crippen LogP contribution in [0.25, 0.3) is 0 Å². The van der Waals surface area contributed by atoms with Crippen LogP contribution in [0.1, 0.15) is 1.43 Å². The molecule has 1 heterocycles. The molecule has 0 saturated heterocycles. The number of anilines is 1. The molecule has 0 aliphatic rings. The molecule has 0 aromatic carbocycles. The predicted molar refractivity (Wildman–Crippen MR) is 49.0 cm³/mol. The van der Waals surface area contributed by atoms with Crippen molar-refractivity contribution in [2.45, 2.75) is 0 Å². The van der Waals surface area contributed by atoms with Gasteiger partial charge in [-0.3, -0.25) is 4.98 Å². The van der Waals surface area contributed by atoms with E-state index in [9.17, 15) is 0 Å². The third kappa shape index (κ3) is 9.26. The summed E-state index contributed by atoms with van der Waals surface area (Å²) in [4.78, 5) is 5.94. The molecular weight excluding hydrogens is 248 g/mol. The summed E-state index contributed by atoms with van der Waals surface area (Å²) in [6, 6.07) is 3.94. The molecule has 80 valence electrons. The summed E-state index contributed by atoms with van der Waals surface area (Å²) in [5, 5.41) is 0. The fourth-order valence-corrected chi connectivity index (χ4v) is 0.642. The number of hydrogen-bond acceptors (Lipinski definition) is 5. The van der Waals surface area contributed by atoms with Crippen molar-refractivity contribution in [3.63, 3.8) is 0 Å². The van der Waals surface area contributed by atoms with Gasteiger partial charge in [-0.15, -0.1) is 12.4 Å². The van der Waals surface area contributed by atoms with Crippen molar-refractivity contribution in [1.29, 1.82) is 0 Å². The molecular formula is C7H12ClCrN2O3+. The second-order valence-corrected chi connectivity index (χ2v) is 2.94. The van der Waals surface area contributed by atoms with Gasteiger partial charge < -0.3 is 4.90 Å². The summed E-state index contributed by atoms with van der Waals surface area (Å²) in [6.07, 6.45) is 3.57. The molecule has 0 aliphatic heterocycles. The van der Waals surface area contributed by atoms with Crippen molar-refractivity contribution < 1.29 is 26.8 Å². The summed E-state index contributed by atoms with van der Waals surface area (Å²) in [6.45, 7) is 0. The Kier molecular flexibility index (Phi) is 9.78. The number of nitrogens with zero attached hydrogens (tertiary/aromatic N) is 2. The molecule has 0 radical (unpaired) electrons. The molecule has 0 atom stereocenters. The van der Waals surface area contributed by atoms with Gasteiger partial charge in [0.15, 0.2) is 0 Å². The Bertz CT molecular complexity index is 336. The zero-order chi connectivity index (χ0) is 10.3. The van der Waals surface area contributed by atoms with E-state index in [4.69, 9.17) is 11.4 Å². The first kappa shape index (κ1) is 15.6. The average Bonchev–Trinajstić information content (AvgIpc) is 2.05. The number of pyridine rings is 1. The van der Waals surface area contributed by atoms with Crippen molar-refractivity contribution in [1.82, 2.24) is 4.98 Å². The van der Waals surface area contributed by atoms with Crippen molar-refractivity contribution in [2.24, 2.45) is 0 Å². The molecule has 0 unspecified atom stereocenters. The van der Waals surface area contributed by atoms with E-state index in [1.165, 1.54) is 5.69 Å². The summed E-state index contributed by atoms with van der Waals surface area (Å²) in [5.74, 6) is 0. The maximum atomic E-state index is 8.54. The molecule has 5 nitrogen and oxygen atoms in total. The minimum atomic E-state index is -3.79. The van der Waals surface area contributed by atoms with E-state index in [1.54, 1.807) is 12.4 Å². The van der Waals surface area contributed by atoms with E-state index in [2.05, 4.69) is 4.98 Å². The molecule has 7 heteroatoms. The normalized spacial score (nSPS) is 7.57. The van der Waals surface area contributed by atoms with Gasteiger partial charge in [-0.2, -0.15) is 0 Å². The Balaban J connectivity index is -0.000000213. The van der Waals surface area contributed by atoms with Gasteiger partial charge >= 0.3 is 26.8 Å². The molecule has 1 aromatic rings. The standard InChI is InChI=1S/C7H10N2.ClH.Cr.3O/c1-9(2)7-3-5-8-6-4-7;;;;;/h3-6H,1-2H3;1H;;;;/p+1. The molecule has 0 bridgehead atoms. The predicted octanol–water partition coefficient (Wildman–Crippen LogP) is 1.32. The van der Waals surface area contributed by atoms with E-state index < -0.39 is 14.0 Å². The summed E-state index contributed by atoms with van der Waals surface area (Å²) in [7, 11) is 4.02. The summed E-state index contributed by atoms with van der Waals surface area (Å²) in [5.41, 5.74) is 1.19. The Labute approximate surface area is 93.7 Å². The molecule has 0 fully saturated rings. The second kappa shape index (κ2) is 8.76. The van der Waals surface area contributed by atoms with Gasteiger partial charge in [0.1, 0.15) is 0 Å². The van der Waals surface area contributed by atoms with Gasteiger partial charge in [0.2, 0.25) is 0 Å². The minimum absolute atomic E-state index is 0. The Morgan fingerprint density at radius 2 is 1.57 bits per heavy atom. The van der Waals surface area contributed by atoms with E-state index >= 15 is 0 Å². The van der Waals surface area contributed by atoms with E-state index in [1.807, 2.05) is 31.1 Å². The van der Waals surface area contributed by atoms with Crippen LogP contribution in [0.4, 0.5) is 5.69 Å². The first-order valence-corrected chi connectivity index (χ1v) is 4.94. The molecule has 0 N–H and O–H groups in total. The van der Waals surface area contributed by atoms with Crippen molar-refractivity contribution in [3.05, 3.63) is 24.5 Å². The molecule has 0 aliphatic carbocycles. The van der Waals surface area contributed by atoms with Gasteiger partial charge in [-0.05, 0) is 12.1 Å². The summed E-state index contributed by atoms with van der Waals surface area (Å²) >= 11 is -3.79. The van der Waals surface area contributed by atoms with Crippen LogP contribution in [0, 0.1) is 0 Å². The van der Waals surface area contributed by atoms with Crippen molar-refractivity contribution >= 4 is 18.1 Å². The number of hydrogen-bond donors (Lipinski definition) is 0. The molecule has 0 saturated carbocycles. The quantitative estimate of drug-likeness (QED) is 0.761. The van der Waals surface area contributed by atoms with Crippen LogP contribution < -0.4 is 4.90 Å². The van der Waals surface area contributed by atoms with Crippen LogP contribution >= 0.6 is 12.4 Å². The number of rotatable bonds is 1. The van der Waals surface area contributed by atoms with Crippen LogP contribution in [0.15, 0.2) is 24.5 Å². The monoisotopic (exact) mass is 259 g/mol. The molecule has 0 amide bonds. The van der Waals surface area contributed by atoms with Gasteiger partial charge in [-0.1, -0.05) is 0 Å². The summed E-state index contributed by atoms with van der Waals surface area (Å²) < 4.78 is 25.6. The van der Waals surface area contributed by atoms with E-state index in [0.717, 1.165) is 0 Å². The Morgan fingerprint density at radius 1 is 1.21 bits per heavy atom.